The SMILES string of the molecule is COc1ccc(O)c(C(=O)N(C)CC2(O)CCCC2)c1. The molecule has 1 aromatic carbocycles. The molecule has 2 rings (SSSR count). The molecule has 0 spiro atoms. The number of hydrogen-bond acceptors (Lipinski definition) is 4. The van der Waals surface area contributed by atoms with Crippen LogP contribution < -0.4 is 4.74 Å². The Bertz CT molecular complexity index is 495. The molecular weight excluding hydrogens is 258 g/mol. The minimum atomic E-state index is -0.793. The number of phenolic OH excluding ortho intramolecular Hbond substituents is 1. The number of likely N-dealkylation sites (N-methyl/N-ethyl adjacent to an activating group) is 1. The monoisotopic (exact) mass is 279 g/mol. The number of hydrogen-bond donors (Lipinski definition) is 2. The molecule has 0 aromatic heterocycles. The summed E-state index contributed by atoms with van der Waals surface area (Å²) in [6, 6.07) is 4.54. The first-order valence-corrected chi connectivity index (χ1v) is 6.80. The summed E-state index contributed by atoms with van der Waals surface area (Å²) in [6.45, 7) is 0.280. The first-order chi connectivity index (χ1) is 9.45. The van der Waals surface area contributed by atoms with E-state index < -0.39 is 5.60 Å². The van der Waals surface area contributed by atoms with Crippen LogP contribution in [0.25, 0.3) is 0 Å². The number of amides is 1. The van der Waals surface area contributed by atoms with Crippen LogP contribution in [0.3, 0.4) is 0 Å². The van der Waals surface area contributed by atoms with E-state index in [0.29, 0.717) is 18.6 Å². The molecule has 0 bridgehead atoms. The van der Waals surface area contributed by atoms with E-state index in [0.717, 1.165) is 12.8 Å². The average molecular weight is 279 g/mol. The van der Waals surface area contributed by atoms with Crippen LogP contribution in [0, 0.1) is 0 Å². The maximum absolute atomic E-state index is 12.4. The van der Waals surface area contributed by atoms with Gasteiger partial charge < -0.3 is 19.8 Å². The lowest BCUT2D eigenvalue weighted by molar-refractivity contribution is 0.0155. The molecule has 20 heavy (non-hydrogen) atoms. The number of carbonyl (C=O) groups is 1. The van der Waals surface area contributed by atoms with Gasteiger partial charge in [-0.25, -0.2) is 0 Å². The summed E-state index contributed by atoms with van der Waals surface area (Å²) in [4.78, 5) is 13.8. The van der Waals surface area contributed by atoms with Gasteiger partial charge in [-0.1, -0.05) is 12.8 Å². The Kier molecular flexibility index (Phi) is 4.18. The van der Waals surface area contributed by atoms with Crippen LogP contribution in [0.5, 0.6) is 11.5 Å². The van der Waals surface area contributed by atoms with Crippen LogP contribution in [-0.2, 0) is 0 Å². The first-order valence-electron chi connectivity index (χ1n) is 6.80. The lowest BCUT2D eigenvalue weighted by atomic mass is 10.0. The van der Waals surface area contributed by atoms with E-state index in [1.165, 1.54) is 24.1 Å². The Morgan fingerprint density at radius 1 is 1.40 bits per heavy atom. The van der Waals surface area contributed by atoms with Gasteiger partial charge in [-0.15, -0.1) is 0 Å². The van der Waals surface area contributed by atoms with Crippen molar-refractivity contribution in [2.24, 2.45) is 0 Å². The molecule has 0 radical (unpaired) electrons. The summed E-state index contributed by atoms with van der Waals surface area (Å²) in [5.41, 5.74) is -0.604. The van der Waals surface area contributed by atoms with Crippen molar-refractivity contribution in [1.82, 2.24) is 4.90 Å². The molecule has 0 unspecified atom stereocenters. The maximum atomic E-state index is 12.4. The number of benzene rings is 1. The lowest BCUT2D eigenvalue weighted by Crippen LogP contribution is -2.42. The Morgan fingerprint density at radius 3 is 2.65 bits per heavy atom. The van der Waals surface area contributed by atoms with Crippen molar-refractivity contribution in [3.8, 4) is 11.5 Å². The van der Waals surface area contributed by atoms with Crippen molar-refractivity contribution < 1.29 is 19.7 Å². The molecule has 1 fully saturated rings. The molecule has 1 aliphatic carbocycles. The van der Waals surface area contributed by atoms with Gasteiger partial charge in [0.05, 0.1) is 18.3 Å². The molecule has 0 aliphatic heterocycles. The van der Waals surface area contributed by atoms with Gasteiger partial charge in [0.1, 0.15) is 11.5 Å². The van der Waals surface area contributed by atoms with Gasteiger partial charge in [0.2, 0.25) is 0 Å². The fourth-order valence-corrected chi connectivity index (χ4v) is 2.72. The summed E-state index contributed by atoms with van der Waals surface area (Å²) in [7, 11) is 3.14. The Balaban J connectivity index is 2.14. The summed E-state index contributed by atoms with van der Waals surface area (Å²) in [5.74, 6) is 0.113. The van der Waals surface area contributed by atoms with E-state index in [1.54, 1.807) is 13.1 Å². The lowest BCUT2D eigenvalue weighted by Gasteiger charge is -2.28. The molecule has 1 aliphatic rings. The van der Waals surface area contributed by atoms with E-state index >= 15 is 0 Å². The normalized spacial score (nSPS) is 16.9. The molecular formula is C15H21NO4. The minimum Gasteiger partial charge on any atom is -0.507 e. The van der Waals surface area contributed by atoms with Gasteiger partial charge in [0, 0.05) is 13.6 Å². The number of phenols is 1. The van der Waals surface area contributed by atoms with Gasteiger partial charge in [0.25, 0.3) is 5.91 Å². The summed E-state index contributed by atoms with van der Waals surface area (Å²) < 4.78 is 5.06. The highest BCUT2D eigenvalue weighted by atomic mass is 16.5. The standard InChI is InChI=1S/C15H21NO4/c1-16(10-15(19)7-3-4-8-15)14(18)12-9-11(20-2)5-6-13(12)17/h5-6,9,17,19H,3-4,7-8,10H2,1-2H3. The van der Waals surface area contributed by atoms with Crippen LogP contribution in [0.4, 0.5) is 0 Å². The zero-order chi connectivity index (χ0) is 14.8. The minimum absolute atomic E-state index is 0.0824. The molecule has 0 heterocycles. The molecule has 1 amide bonds. The quantitative estimate of drug-likeness (QED) is 0.881. The molecule has 2 N–H and O–H groups in total. The predicted octanol–water partition coefficient (Wildman–Crippen LogP) is 1.78. The van der Waals surface area contributed by atoms with Crippen molar-refractivity contribution in [1.29, 1.82) is 0 Å². The van der Waals surface area contributed by atoms with Crippen molar-refractivity contribution in [3.05, 3.63) is 23.8 Å². The molecule has 1 saturated carbocycles. The molecule has 1 aromatic rings. The third-order valence-corrected chi connectivity index (χ3v) is 3.85. The van der Waals surface area contributed by atoms with Crippen LogP contribution >= 0.6 is 0 Å². The number of aromatic hydroxyl groups is 1. The zero-order valence-corrected chi connectivity index (χ0v) is 11.9. The summed E-state index contributed by atoms with van der Waals surface area (Å²) >= 11 is 0. The van der Waals surface area contributed by atoms with E-state index in [-0.39, 0.29) is 23.8 Å². The molecule has 5 heteroatoms. The average Bonchev–Trinajstić information content (AvgIpc) is 2.85. The highest BCUT2D eigenvalue weighted by molar-refractivity contribution is 5.97. The van der Waals surface area contributed by atoms with Gasteiger partial charge in [0.15, 0.2) is 0 Å². The van der Waals surface area contributed by atoms with Crippen molar-refractivity contribution in [2.75, 3.05) is 20.7 Å². The number of aliphatic hydroxyl groups is 1. The highest BCUT2D eigenvalue weighted by Crippen LogP contribution is 2.31. The third-order valence-electron chi connectivity index (χ3n) is 3.85. The Morgan fingerprint density at radius 2 is 2.05 bits per heavy atom. The number of rotatable bonds is 4. The van der Waals surface area contributed by atoms with E-state index in [9.17, 15) is 15.0 Å². The van der Waals surface area contributed by atoms with E-state index in [1.807, 2.05) is 0 Å². The second-order valence-corrected chi connectivity index (χ2v) is 5.48. The smallest absolute Gasteiger partial charge is 0.257 e. The topological polar surface area (TPSA) is 70.0 Å². The van der Waals surface area contributed by atoms with Gasteiger partial charge >= 0.3 is 0 Å². The zero-order valence-electron chi connectivity index (χ0n) is 11.9. The summed E-state index contributed by atoms with van der Waals surface area (Å²) in [5, 5.41) is 20.2. The van der Waals surface area contributed by atoms with Crippen molar-refractivity contribution in [3.63, 3.8) is 0 Å². The second kappa shape index (κ2) is 5.71. The number of carbonyl (C=O) groups excluding carboxylic acids is 1. The van der Waals surface area contributed by atoms with Crippen LogP contribution in [-0.4, -0.2) is 47.3 Å². The summed E-state index contributed by atoms with van der Waals surface area (Å²) in [6.07, 6.45) is 3.41. The highest BCUT2D eigenvalue weighted by Gasteiger charge is 2.34. The number of ether oxygens (including phenoxy) is 1. The third kappa shape index (κ3) is 3.04. The molecule has 5 nitrogen and oxygen atoms in total. The first kappa shape index (κ1) is 14.7. The molecule has 0 atom stereocenters. The van der Waals surface area contributed by atoms with E-state index in [4.69, 9.17) is 4.74 Å². The van der Waals surface area contributed by atoms with Gasteiger partial charge in [-0.3, -0.25) is 4.79 Å². The van der Waals surface area contributed by atoms with Gasteiger partial charge in [-0.2, -0.15) is 0 Å². The maximum Gasteiger partial charge on any atom is 0.257 e. The molecule has 110 valence electrons. The largest absolute Gasteiger partial charge is 0.507 e. The fraction of sp³-hybridized carbons (Fsp3) is 0.533. The Labute approximate surface area is 118 Å². The van der Waals surface area contributed by atoms with Crippen LogP contribution in [0.1, 0.15) is 36.0 Å². The van der Waals surface area contributed by atoms with Crippen molar-refractivity contribution in [2.45, 2.75) is 31.3 Å². The van der Waals surface area contributed by atoms with Crippen LogP contribution in [0.2, 0.25) is 0 Å². The fourth-order valence-electron chi connectivity index (χ4n) is 2.72. The predicted molar refractivity (Wildman–Crippen MR) is 75.0 cm³/mol. The number of methoxy groups -OCH3 is 1. The van der Waals surface area contributed by atoms with Gasteiger partial charge in [-0.05, 0) is 31.0 Å². The molecule has 0 saturated heterocycles. The van der Waals surface area contributed by atoms with Crippen molar-refractivity contribution >= 4 is 5.91 Å². The van der Waals surface area contributed by atoms with Crippen LogP contribution in [0.15, 0.2) is 18.2 Å². The number of nitrogens with zero attached hydrogens (tertiary/aromatic N) is 1. The second-order valence-electron chi connectivity index (χ2n) is 5.48. The van der Waals surface area contributed by atoms with E-state index in [2.05, 4.69) is 0 Å². The Hall–Kier alpha value is -1.75.